The van der Waals surface area contributed by atoms with Crippen LogP contribution in [-0.4, -0.2) is 55.3 Å². The second-order valence-corrected chi connectivity index (χ2v) is 7.10. The number of aliphatic imine (C=N–C) groups is 1. The van der Waals surface area contributed by atoms with Crippen molar-refractivity contribution in [3.63, 3.8) is 0 Å². The maximum Gasteiger partial charge on any atom is 0.191 e. The van der Waals surface area contributed by atoms with Gasteiger partial charge < -0.3 is 19.9 Å². The number of ether oxygens (including phenoxy) is 1. The summed E-state index contributed by atoms with van der Waals surface area (Å²) >= 11 is 0. The number of guanidine groups is 1. The number of halogens is 1. The lowest BCUT2D eigenvalue weighted by Gasteiger charge is -2.27. The Morgan fingerprint density at radius 2 is 1.79 bits per heavy atom. The minimum absolute atomic E-state index is 0. The maximum absolute atomic E-state index is 5.32. The number of rotatable bonds is 9. The molecule has 0 radical (unpaired) electrons. The number of aromatic nitrogens is 1. The molecule has 0 aliphatic carbocycles. The van der Waals surface area contributed by atoms with Crippen molar-refractivity contribution < 1.29 is 4.74 Å². The molecule has 1 saturated heterocycles. The van der Waals surface area contributed by atoms with E-state index in [9.17, 15) is 0 Å². The third kappa shape index (κ3) is 7.22. The summed E-state index contributed by atoms with van der Waals surface area (Å²) in [5.41, 5.74) is 1.30. The number of likely N-dealkylation sites (tertiary alicyclic amines) is 1. The normalized spacial score (nSPS) is 15.6. The highest BCUT2D eigenvalue weighted by Gasteiger charge is 2.23. The molecule has 0 bridgehead atoms. The van der Waals surface area contributed by atoms with Gasteiger partial charge in [0.1, 0.15) is 5.75 Å². The number of nitrogens with zero attached hydrogens (tertiary/aromatic N) is 3. The summed E-state index contributed by atoms with van der Waals surface area (Å²) in [6.07, 6.45) is 6.70. The highest BCUT2D eigenvalue weighted by Crippen LogP contribution is 2.27. The Balaban J connectivity index is 0.00000300. The topological polar surface area (TPSA) is 53.8 Å². The Morgan fingerprint density at radius 1 is 1.10 bits per heavy atom. The van der Waals surface area contributed by atoms with Crippen molar-refractivity contribution >= 4 is 29.9 Å². The molecule has 6 nitrogen and oxygen atoms in total. The Morgan fingerprint density at radius 3 is 2.41 bits per heavy atom. The highest BCUT2D eigenvalue weighted by molar-refractivity contribution is 14.0. The molecule has 2 aromatic rings. The van der Waals surface area contributed by atoms with Gasteiger partial charge in [-0.3, -0.25) is 9.89 Å². The predicted octanol–water partition coefficient (Wildman–Crippen LogP) is 3.51. The van der Waals surface area contributed by atoms with Gasteiger partial charge in [-0.15, -0.1) is 24.0 Å². The summed E-state index contributed by atoms with van der Waals surface area (Å²) in [4.78, 5) is 7.46. The van der Waals surface area contributed by atoms with Crippen molar-refractivity contribution in [2.45, 2.75) is 32.4 Å². The van der Waals surface area contributed by atoms with Gasteiger partial charge in [-0.25, -0.2) is 0 Å². The van der Waals surface area contributed by atoms with Gasteiger partial charge >= 0.3 is 0 Å². The standard InChI is InChI=1S/C22H33N5O.HI/c1-3-23-22(24-12-17-26-13-4-5-14-26)25-18-21(27-15-6-7-16-27)19-8-10-20(28-2)11-9-19;/h4-5,8-11,13-14,21H,3,6-7,12,15-18H2,1-2H3,(H2,23,24,25);1H. The van der Waals surface area contributed by atoms with E-state index in [-0.39, 0.29) is 24.0 Å². The number of hydrogen-bond acceptors (Lipinski definition) is 3. The summed E-state index contributed by atoms with van der Waals surface area (Å²) in [6, 6.07) is 12.8. The SMILES string of the molecule is CCNC(=NCC(c1ccc(OC)cc1)N1CCCC1)NCCn1cccc1.I. The average molecular weight is 511 g/mol. The summed E-state index contributed by atoms with van der Waals surface area (Å²) < 4.78 is 7.48. The van der Waals surface area contributed by atoms with Gasteiger partial charge in [-0.1, -0.05) is 12.1 Å². The lowest BCUT2D eigenvalue weighted by Crippen LogP contribution is -2.39. The molecule has 1 aromatic carbocycles. The van der Waals surface area contributed by atoms with Crippen molar-refractivity contribution in [3.8, 4) is 5.75 Å². The zero-order valence-corrected chi connectivity index (χ0v) is 19.8. The Bertz CT molecular complexity index is 711. The third-order valence-corrected chi connectivity index (χ3v) is 5.18. The van der Waals surface area contributed by atoms with Gasteiger partial charge in [0.25, 0.3) is 0 Å². The molecule has 1 fully saturated rings. The molecule has 3 rings (SSSR count). The molecule has 2 heterocycles. The second kappa shape index (κ2) is 12.7. The average Bonchev–Trinajstić information content (AvgIpc) is 3.43. The maximum atomic E-state index is 5.32. The first-order chi connectivity index (χ1) is 13.8. The minimum atomic E-state index is 0. The number of nitrogens with one attached hydrogen (secondary N) is 2. The summed E-state index contributed by atoms with van der Waals surface area (Å²) in [6.45, 7) is 7.75. The quantitative estimate of drug-likeness (QED) is 0.308. The van der Waals surface area contributed by atoms with E-state index < -0.39 is 0 Å². The molecule has 1 unspecified atom stereocenters. The van der Waals surface area contributed by atoms with Crippen LogP contribution in [0.2, 0.25) is 0 Å². The van der Waals surface area contributed by atoms with Crippen molar-refractivity contribution in [2.75, 3.05) is 39.8 Å². The monoisotopic (exact) mass is 511 g/mol. The molecule has 2 N–H and O–H groups in total. The number of methoxy groups -OCH3 is 1. The fourth-order valence-corrected chi connectivity index (χ4v) is 3.65. The molecule has 160 valence electrons. The Hall–Kier alpha value is -1.74. The van der Waals surface area contributed by atoms with E-state index in [2.05, 4.69) is 63.7 Å². The van der Waals surface area contributed by atoms with E-state index in [1.54, 1.807) is 7.11 Å². The molecule has 1 aliphatic rings. The van der Waals surface area contributed by atoms with Crippen molar-refractivity contribution in [2.24, 2.45) is 4.99 Å². The molecular formula is C22H34IN5O. The van der Waals surface area contributed by atoms with Gasteiger partial charge in [-0.05, 0) is 62.7 Å². The molecule has 29 heavy (non-hydrogen) atoms. The van der Waals surface area contributed by atoms with Crippen molar-refractivity contribution in [1.82, 2.24) is 20.1 Å². The van der Waals surface area contributed by atoms with Crippen LogP contribution in [0, 0.1) is 0 Å². The van der Waals surface area contributed by atoms with Crippen LogP contribution in [0.15, 0.2) is 53.8 Å². The van der Waals surface area contributed by atoms with E-state index in [0.717, 1.165) is 51.0 Å². The summed E-state index contributed by atoms with van der Waals surface area (Å²) in [5.74, 6) is 1.78. The lowest BCUT2D eigenvalue weighted by molar-refractivity contribution is 0.251. The summed E-state index contributed by atoms with van der Waals surface area (Å²) in [5, 5.41) is 6.82. The smallest absolute Gasteiger partial charge is 0.191 e. The van der Waals surface area contributed by atoms with Crippen LogP contribution >= 0.6 is 24.0 Å². The summed E-state index contributed by atoms with van der Waals surface area (Å²) in [7, 11) is 1.71. The highest BCUT2D eigenvalue weighted by atomic mass is 127. The van der Waals surface area contributed by atoms with E-state index in [1.165, 1.54) is 18.4 Å². The zero-order chi connectivity index (χ0) is 19.6. The molecule has 0 amide bonds. The van der Waals surface area contributed by atoms with Crippen LogP contribution < -0.4 is 15.4 Å². The van der Waals surface area contributed by atoms with Crippen LogP contribution in [0.1, 0.15) is 31.4 Å². The first-order valence-electron chi connectivity index (χ1n) is 10.3. The van der Waals surface area contributed by atoms with E-state index in [0.29, 0.717) is 6.04 Å². The fraction of sp³-hybridized carbons (Fsp3) is 0.500. The number of hydrogen-bond donors (Lipinski definition) is 2. The van der Waals surface area contributed by atoms with Crippen molar-refractivity contribution in [3.05, 3.63) is 54.4 Å². The van der Waals surface area contributed by atoms with Crippen LogP contribution in [0.25, 0.3) is 0 Å². The van der Waals surface area contributed by atoms with Crippen LogP contribution in [0.4, 0.5) is 0 Å². The Labute approximate surface area is 191 Å². The fourth-order valence-electron chi connectivity index (χ4n) is 3.65. The minimum Gasteiger partial charge on any atom is -0.497 e. The molecule has 0 saturated carbocycles. The van der Waals surface area contributed by atoms with Crippen LogP contribution in [0.3, 0.4) is 0 Å². The molecule has 0 spiro atoms. The lowest BCUT2D eigenvalue weighted by atomic mass is 10.1. The van der Waals surface area contributed by atoms with Crippen LogP contribution in [0.5, 0.6) is 5.75 Å². The number of benzene rings is 1. The Kier molecular flexibility index (Phi) is 10.3. The zero-order valence-electron chi connectivity index (χ0n) is 17.5. The first kappa shape index (κ1) is 23.5. The van der Waals surface area contributed by atoms with Gasteiger partial charge in [0.05, 0.1) is 19.7 Å². The molecular weight excluding hydrogens is 477 g/mol. The van der Waals surface area contributed by atoms with Gasteiger partial charge in [0.2, 0.25) is 0 Å². The van der Waals surface area contributed by atoms with Crippen molar-refractivity contribution in [1.29, 1.82) is 0 Å². The van der Waals surface area contributed by atoms with E-state index >= 15 is 0 Å². The molecule has 7 heteroatoms. The molecule has 1 atom stereocenters. The first-order valence-corrected chi connectivity index (χ1v) is 10.3. The molecule has 1 aliphatic heterocycles. The van der Waals surface area contributed by atoms with Gasteiger partial charge in [0, 0.05) is 32.0 Å². The third-order valence-electron chi connectivity index (χ3n) is 5.18. The van der Waals surface area contributed by atoms with Gasteiger partial charge in [0.15, 0.2) is 5.96 Å². The van der Waals surface area contributed by atoms with E-state index in [1.807, 2.05) is 12.1 Å². The molecule has 1 aromatic heterocycles. The largest absolute Gasteiger partial charge is 0.497 e. The van der Waals surface area contributed by atoms with Crippen LogP contribution in [-0.2, 0) is 6.54 Å². The second-order valence-electron chi connectivity index (χ2n) is 7.10. The van der Waals surface area contributed by atoms with E-state index in [4.69, 9.17) is 9.73 Å². The van der Waals surface area contributed by atoms with Gasteiger partial charge in [-0.2, -0.15) is 0 Å². The predicted molar refractivity (Wildman–Crippen MR) is 130 cm³/mol.